The molecule has 0 unspecified atom stereocenters. The second-order valence-corrected chi connectivity index (χ2v) is 4.19. The van der Waals surface area contributed by atoms with Crippen LogP contribution >= 0.6 is 22.6 Å². The second kappa shape index (κ2) is 5.43. The van der Waals surface area contributed by atoms with E-state index in [2.05, 4.69) is 27.6 Å². The van der Waals surface area contributed by atoms with E-state index in [9.17, 15) is 4.79 Å². The molecule has 2 rings (SSSR count). The van der Waals surface area contributed by atoms with Crippen LogP contribution in [0.1, 0.15) is 25.3 Å². The van der Waals surface area contributed by atoms with E-state index in [4.69, 9.17) is 4.42 Å². The number of nitrogens with zero attached hydrogens (tertiary/aromatic N) is 1. The summed E-state index contributed by atoms with van der Waals surface area (Å²) >= 11 is 2.19. The van der Waals surface area contributed by atoms with Crippen LogP contribution in [0.2, 0.25) is 0 Å². The SMILES string of the molecule is CC.Cc1nc2c(I)c(C)ccc2c(=O)o1. The average Bonchev–Trinajstić information content (AvgIpc) is 2.27. The highest BCUT2D eigenvalue weighted by molar-refractivity contribution is 14.1. The summed E-state index contributed by atoms with van der Waals surface area (Å²) in [7, 11) is 0. The van der Waals surface area contributed by atoms with Gasteiger partial charge < -0.3 is 4.42 Å². The zero-order chi connectivity index (χ0) is 12.3. The van der Waals surface area contributed by atoms with Crippen LogP contribution in [0, 0.1) is 17.4 Å². The Balaban J connectivity index is 0.000000606. The molecule has 1 aromatic heterocycles. The van der Waals surface area contributed by atoms with Gasteiger partial charge in [-0.15, -0.1) is 0 Å². The Hall–Kier alpha value is -0.910. The molecule has 0 aliphatic rings. The van der Waals surface area contributed by atoms with Crippen molar-refractivity contribution in [3.63, 3.8) is 0 Å². The summed E-state index contributed by atoms with van der Waals surface area (Å²) in [6.07, 6.45) is 0. The number of halogens is 1. The molecule has 0 fully saturated rings. The molecule has 0 saturated carbocycles. The maximum atomic E-state index is 11.5. The van der Waals surface area contributed by atoms with Crippen molar-refractivity contribution in [1.82, 2.24) is 4.98 Å². The fraction of sp³-hybridized carbons (Fsp3) is 0.333. The van der Waals surface area contributed by atoms with Gasteiger partial charge in [-0.1, -0.05) is 19.9 Å². The van der Waals surface area contributed by atoms with E-state index in [0.717, 1.165) is 14.7 Å². The maximum Gasteiger partial charge on any atom is 0.346 e. The van der Waals surface area contributed by atoms with Gasteiger partial charge in [-0.2, -0.15) is 0 Å². The van der Waals surface area contributed by atoms with Crippen LogP contribution in [0.5, 0.6) is 0 Å². The van der Waals surface area contributed by atoms with Crippen molar-refractivity contribution < 1.29 is 4.42 Å². The Labute approximate surface area is 108 Å². The molecular formula is C12H14INO2. The van der Waals surface area contributed by atoms with Crippen molar-refractivity contribution in [2.75, 3.05) is 0 Å². The molecule has 86 valence electrons. The molecule has 0 saturated heterocycles. The second-order valence-electron chi connectivity index (χ2n) is 3.11. The normalized spacial score (nSPS) is 9.81. The lowest BCUT2D eigenvalue weighted by Crippen LogP contribution is -2.04. The molecule has 1 aromatic carbocycles. The summed E-state index contributed by atoms with van der Waals surface area (Å²) in [6, 6.07) is 3.66. The smallest absolute Gasteiger partial charge is 0.346 e. The lowest BCUT2D eigenvalue weighted by atomic mass is 10.2. The van der Waals surface area contributed by atoms with E-state index in [1.807, 2.05) is 26.8 Å². The number of fused-ring (bicyclic) bond motifs is 1. The van der Waals surface area contributed by atoms with Crippen molar-refractivity contribution >= 4 is 33.5 Å². The van der Waals surface area contributed by atoms with Gasteiger partial charge in [0, 0.05) is 10.5 Å². The number of hydrogen-bond acceptors (Lipinski definition) is 3. The maximum absolute atomic E-state index is 11.5. The lowest BCUT2D eigenvalue weighted by molar-refractivity contribution is 0.467. The summed E-state index contributed by atoms with van der Waals surface area (Å²) in [4.78, 5) is 15.7. The predicted octanol–water partition coefficient (Wildman–Crippen LogP) is 3.44. The van der Waals surface area contributed by atoms with Crippen LogP contribution in [0.4, 0.5) is 0 Å². The van der Waals surface area contributed by atoms with Gasteiger partial charge in [-0.3, -0.25) is 0 Å². The number of hydrogen-bond donors (Lipinski definition) is 0. The molecule has 0 atom stereocenters. The van der Waals surface area contributed by atoms with Gasteiger partial charge in [0.05, 0.1) is 10.9 Å². The highest BCUT2D eigenvalue weighted by atomic mass is 127. The molecule has 0 radical (unpaired) electrons. The topological polar surface area (TPSA) is 43.1 Å². The van der Waals surface area contributed by atoms with Crippen molar-refractivity contribution in [3.05, 3.63) is 37.6 Å². The Bertz CT molecular complexity index is 561. The van der Waals surface area contributed by atoms with Crippen LogP contribution in [0.3, 0.4) is 0 Å². The molecule has 0 amide bonds. The van der Waals surface area contributed by atoms with Gasteiger partial charge in [0.2, 0.25) is 0 Å². The van der Waals surface area contributed by atoms with Crippen LogP contribution < -0.4 is 5.63 Å². The molecule has 0 aliphatic carbocycles. The van der Waals surface area contributed by atoms with E-state index in [-0.39, 0.29) is 5.63 Å². The molecule has 16 heavy (non-hydrogen) atoms. The van der Waals surface area contributed by atoms with Gasteiger partial charge >= 0.3 is 5.63 Å². The van der Waals surface area contributed by atoms with Crippen molar-refractivity contribution in [3.8, 4) is 0 Å². The third-order valence-electron chi connectivity index (χ3n) is 2.04. The van der Waals surface area contributed by atoms with E-state index in [0.29, 0.717) is 11.3 Å². The minimum atomic E-state index is -0.314. The summed E-state index contributed by atoms with van der Waals surface area (Å²) in [5.41, 5.74) is 1.54. The molecule has 3 nitrogen and oxygen atoms in total. The third kappa shape index (κ3) is 2.42. The van der Waals surface area contributed by atoms with Crippen molar-refractivity contribution in [1.29, 1.82) is 0 Å². The number of rotatable bonds is 0. The summed E-state index contributed by atoms with van der Waals surface area (Å²) in [6.45, 7) is 7.67. The van der Waals surface area contributed by atoms with E-state index in [1.54, 1.807) is 13.0 Å². The lowest BCUT2D eigenvalue weighted by Gasteiger charge is -2.02. The monoisotopic (exact) mass is 331 g/mol. The standard InChI is InChI=1S/C10H8INO2.C2H6/c1-5-3-4-7-9(8(5)11)12-6(2)14-10(7)13;1-2/h3-4H,1-2H3;1-2H3. The Morgan fingerprint density at radius 3 is 2.50 bits per heavy atom. The molecule has 0 bridgehead atoms. The predicted molar refractivity (Wildman–Crippen MR) is 73.8 cm³/mol. The zero-order valence-corrected chi connectivity index (χ0v) is 12.0. The summed E-state index contributed by atoms with van der Waals surface area (Å²) in [5, 5.41) is 0.547. The molecular weight excluding hydrogens is 317 g/mol. The van der Waals surface area contributed by atoms with E-state index in [1.165, 1.54) is 0 Å². The minimum absolute atomic E-state index is 0.314. The van der Waals surface area contributed by atoms with Crippen LogP contribution in [0.25, 0.3) is 10.9 Å². The van der Waals surface area contributed by atoms with Gasteiger partial charge in [-0.05, 0) is 41.1 Å². The van der Waals surface area contributed by atoms with Crippen molar-refractivity contribution in [2.45, 2.75) is 27.7 Å². The Morgan fingerprint density at radius 1 is 1.25 bits per heavy atom. The first-order chi connectivity index (χ1) is 7.59. The Kier molecular flexibility index (Phi) is 4.46. The largest absolute Gasteiger partial charge is 0.408 e. The molecule has 0 spiro atoms. The minimum Gasteiger partial charge on any atom is -0.408 e. The van der Waals surface area contributed by atoms with Crippen LogP contribution in [0.15, 0.2) is 21.3 Å². The first-order valence-electron chi connectivity index (χ1n) is 5.16. The number of aromatic nitrogens is 1. The molecule has 1 heterocycles. The molecule has 0 N–H and O–H groups in total. The fourth-order valence-electron chi connectivity index (χ4n) is 1.31. The number of aryl methyl sites for hydroxylation is 2. The summed E-state index contributed by atoms with van der Waals surface area (Å²) < 4.78 is 5.93. The highest BCUT2D eigenvalue weighted by Crippen LogP contribution is 2.19. The first kappa shape index (κ1) is 13.2. The van der Waals surface area contributed by atoms with E-state index >= 15 is 0 Å². The van der Waals surface area contributed by atoms with Gasteiger partial charge in [0.15, 0.2) is 5.89 Å². The van der Waals surface area contributed by atoms with Crippen molar-refractivity contribution in [2.24, 2.45) is 0 Å². The molecule has 0 aliphatic heterocycles. The van der Waals surface area contributed by atoms with Gasteiger partial charge in [-0.25, -0.2) is 9.78 Å². The average molecular weight is 331 g/mol. The summed E-state index contributed by atoms with van der Waals surface area (Å²) in [5.74, 6) is 0.408. The highest BCUT2D eigenvalue weighted by Gasteiger charge is 2.08. The quantitative estimate of drug-likeness (QED) is 0.695. The molecule has 2 aromatic rings. The first-order valence-corrected chi connectivity index (χ1v) is 6.24. The zero-order valence-electron chi connectivity index (χ0n) is 9.80. The third-order valence-corrected chi connectivity index (χ3v) is 3.40. The van der Waals surface area contributed by atoms with E-state index < -0.39 is 0 Å². The number of benzene rings is 1. The fourth-order valence-corrected chi connectivity index (χ4v) is 1.90. The van der Waals surface area contributed by atoms with Crippen LogP contribution in [-0.2, 0) is 0 Å². The van der Waals surface area contributed by atoms with Gasteiger partial charge in [0.1, 0.15) is 0 Å². The van der Waals surface area contributed by atoms with Gasteiger partial charge in [0.25, 0.3) is 0 Å². The molecule has 4 heteroatoms. The Morgan fingerprint density at radius 2 is 1.88 bits per heavy atom. The van der Waals surface area contributed by atoms with Crippen LogP contribution in [-0.4, -0.2) is 4.98 Å².